The lowest BCUT2D eigenvalue weighted by atomic mass is 9.96. The average Bonchev–Trinajstić information content (AvgIpc) is 3.68. The molecule has 2 heterocycles. The fourth-order valence-electron chi connectivity index (χ4n) is 7.33. The third-order valence-electron chi connectivity index (χ3n) is 9.41. The summed E-state index contributed by atoms with van der Waals surface area (Å²) in [6.07, 6.45) is 0. The Hall–Kier alpha value is -6.88. The minimum Gasteiger partial charge on any atom is -0.309 e. The van der Waals surface area contributed by atoms with Crippen LogP contribution in [0.15, 0.2) is 158 Å². The van der Waals surface area contributed by atoms with Crippen LogP contribution in [-0.2, 0) is 0 Å². The number of nitriles is 2. The molecule has 0 aliphatic carbocycles. The molecule has 0 atom stereocenters. The van der Waals surface area contributed by atoms with Crippen molar-refractivity contribution in [3.63, 3.8) is 0 Å². The van der Waals surface area contributed by atoms with Crippen LogP contribution in [0.25, 0.3) is 77.2 Å². The molecule has 0 radical (unpaired) electrons. The van der Waals surface area contributed by atoms with E-state index in [-0.39, 0.29) is 0 Å². The van der Waals surface area contributed by atoms with E-state index < -0.39 is 0 Å². The summed E-state index contributed by atoms with van der Waals surface area (Å²) in [5, 5.41) is 24.8. The number of hydrogen-bond acceptors (Lipinski definition) is 2. The lowest BCUT2D eigenvalue weighted by molar-refractivity contribution is 1.17. The highest BCUT2D eigenvalue weighted by atomic mass is 15.0. The first kappa shape index (κ1) is 27.4. The maximum absolute atomic E-state index is 10.4. The molecule has 0 spiro atoms. The van der Waals surface area contributed by atoms with Gasteiger partial charge in [-0.25, -0.2) is 0 Å². The second-order valence-corrected chi connectivity index (χ2v) is 12.0. The second kappa shape index (κ2) is 10.9. The molecule has 9 rings (SSSR count). The molecule has 0 saturated heterocycles. The highest BCUT2D eigenvalue weighted by Crippen LogP contribution is 2.40. The van der Waals surface area contributed by atoms with Crippen molar-refractivity contribution in [1.82, 2.24) is 9.13 Å². The van der Waals surface area contributed by atoms with Gasteiger partial charge in [0.1, 0.15) is 6.07 Å². The van der Waals surface area contributed by atoms with E-state index in [1.807, 2.05) is 48.5 Å². The van der Waals surface area contributed by atoms with Crippen LogP contribution >= 0.6 is 0 Å². The zero-order valence-electron chi connectivity index (χ0n) is 25.8. The van der Waals surface area contributed by atoms with Gasteiger partial charge in [-0.2, -0.15) is 10.5 Å². The molecule has 0 saturated carbocycles. The molecule has 0 aliphatic rings. The Bertz CT molecular complexity index is 2750. The molecule has 0 fully saturated rings. The molecule has 4 nitrogen and oxygen atoms in total. The standard InChI is InChI=1S/C44H26N4/c45-27-32-12-9-21-42-43(32)38-16-3-6-20-41(38)48(42)44-33(28-46)13-8-17-35(44)31-11-7-10-30(26-31)29-22-24-34(25-23-29)47-39-18-4-1-14-36(39)37-15-2-5-19-40(37)47/h1-26H. The van der Waals surface area contributed by atoms with Crippen molar-refractivity contribution in [3.8, 4) is 45.8 Å². The van der Waals surface area contributed by atoms with Crippen LogP contribution < -0.4 is 0 Å². The van der Waals surface area contributed by atoms with Crippen molar-refractivity contribution in [3.05, 3.63) is 169 Å². The average molecular weight is 611 g/mol. The van der Waals surface area contributed by atoms with Crippen molar-refractivity contribution >= 4 is 43.6 Å². The predicted molar refractivity (Wildman–Crippen MR) is 195 cm³/mol. The van der Waals surface area contributed by atoms with Gasteiger partial charge in [0, 0.05) is 32.8 Å². The minimum absolute atomic E-state index is 0.568. The second-order valence-electron chi connectivity index (χ2n) is 12.0. The van der Waals surface area contributed by atoms with Gasteiger partial charge in [-0.1, -0.05) is 103 Å². The zero-order chi connectivity index (χ0) is 32.2. The molecule has 2 aromatic heterocycles. The summed E-state index contributed by atoms with van der Waals surface area (Å²) in [6.45, 7) is 0. The molecule has 48 heavy (non-hydrogen) atoms. The third-order valence-corrected chi connectivity index (χ3v) is 9.41. The van der Waals surface area contributed by atoms with E-state index in [4.69, 9.17) is 0 Å². The van der Waals surface area contributed by atoms with Gasteiger partial charge in [-0.05, 0) is 71.3 Å². The Balaban J connectivity index is 1.19. The summed E-state index contributed by atoms with van der Waals surface area (Å²) >= 11 is 0. The van der Waals surface area contributed by atoms with Gasteiger partial charge in [0.15, 0.2) is 0 Å². The summed E-state index contributed by atoms with van der Waals surface area (Å²) in [5.74, 6) is 0. The van der Waals surface area contributed by atoms with Gasteiger partial charge >= 0.3 is 0 Å². The molecule has 0 amide bonds. The summed E-state index contributed by atoms with van der Waals surface area (Å²) in [7, 11) is 0. The number of nitrogens with zero attached hydrogens (tertiary/aromatic N) is 4. The fourth-order valence-corrected chi connectivity index (χ4v) is 7.33. The fraction of sp³-hybridized carbons (Fsp3) is 0. The lowest BCUT2D eigenvalue weighted by Crippen LogP contribution is -2.01. The Morgan fingerprint density at radius 3 is 1.62 bits per heavy atom. The van der Waals surface area contributed by atoms with Gasteiger partial charge in [-0.15, -0.1) is 0 Å². The number of aromatic nitrogens is 2. The van der Waals surface area contributed by atoms with Crippen LogP contribution in [0.5, 0.6) is 0 Å². The van der Waals surface area contributed by atoms with Crippen LogP contribution in [0.1, 0.15) is 11.1 Å². The first-order valence-corrected chi connectivity index (χ1v) is 15.9. The number of para-hydroxylation sites is 4. The van der Waals surface area contributed by atoms with Crippen molar-refractivity contribution < 1.29 is 0 Å². The van der Waals surface area contributed by atoms with E-state index in [2.05, 4.69) is 130 Å². The number of fused-ring (bicyclic) bond motifs is 6. The largest absolute Gasteiger partial charge is 0.309 e. The first-order valence-electron chi connectivity index (χ1n) is 15.9. The number of benzene rings is 7. The summed E-state index contributed by atoms with van der Waals surface area (Å²) in [4.78, 5) is 0. The number of hydrogen-bond donors (Lipinski definition) is 0. The van der Waals surface area contributed by atoms with Crippen LogP contribution in [-0.4, -0.2) is 9.13 Å². The van der Waals surface area contributed by atoms with E-state index in [9.17, 15) is 10.5 Å². The van der Waals surface area contributed by atoms with Crippen molar-refractivity contribution in [2.75, 3.05) is 0 Å². The smallest absolute Gasteiger partial charge is 0.101 e. The quantitative estimate of drug-likeness (QED) is 0.199. The topological polar surface area (TPSA) is 57.4 Å². The van der Waals surface area contributed by atoms with Crippen LogP contribution in [0.2, 0.25) is 0 Å². The molecule has 7 aromatic carbocycles. The van der Waals surface area contributed by atoms with Crippen molar-refractivity contribution in [2.45, 2.75) is 0 Å². The van der Waals surface area contributed by atoms with E-state index in [1.165, 1.54) is 21.8 Å². The van der Waals surface area contributed by atoms with E-state index in [0.29, 0.717) is 11.1 Å². The maximum Gasteiger partial charge on any atom is 0.101 e. The van der Waals surface area contributed by atoms with E-state index in [0.717, 1.165) is 55.4 Å². The molecule has 9 aromatic rings. The van der Waals surface area contributed by atoms with Crippen molar-refractivity contribution in [2.24, 2.45) is 0 Å². The van der Waals surface area contributed by atoms with Crippen LogP contribution in [0.3, 0.4) is 0 Å². The van der Waals surface area contributed by atoms with E-state index >= 15 is 0 Å². The lowest BCUT2D eigenvalue weighted by Gasteiger charge is -2.16. The molecule has 0 N–H and O–H groups in total. The Morgan fingerprint density at radius 1 is 0.396 bits per heavy atom. The highest BCUT2D eigenvalue weighted by Gasteiger charge is 2.20. The third kappa shape index (κ3) is 4.07. The Labute approximate surface area is 277 Å². The van der Waals surface area contributed by atoms with Gasteiger partial charge in [0.25, 0.3) is 0 Å². The summed E-state index contributed by atoms with van der Waals surface area (Å²) < 4.78 is 4.47. The first-order chi connectivity index (χ1) is 23.7. The monoisotopic (exact) mass is 610 g/mol. The van der Waals surface area contributed by atoms with Gasteiger partial charge in [-0.3, -0.25) is 0 Å². The predicted octanol–water partition coefficient (Wildman–Crippen LogP) is 11.0. The number of rotatable bonds is 4. The molecule has 0 bridgehead atoms. The van der Waals surface area contributed by atoms with Crippen molar-refractivity contribution in [1.29, 1.82) is 10.5 Å². The van der Waals surface area contributed by atoms with Crippen LogP contribution in [0.4, 0.5) is 0 Å². The normalized spacial score (nSPS) is 11.3. The highest BCUT2D eigenvalue weighted by molar-refractivity contribution is 6.12. The maximum atomic E-state index is 10.4. The molecular weight excluding hydrogens is 585 g/mol. The molecule has 0 aliphatic heterocycles. The minimum atomic E-state index is 0.568. The Kier molecular flexibility index (Phi) is 6.22. The van der Waals surface area contributed by atoms with Gasteiger partial charge < -0.3 is 9.13 Å². The van der Waals surface area contributed by atoms with Gasteiger partial charge in [0.2, 0.25) is 0 Å². The SMILES string of the molecule is N#Cc1cccc(-c2cccc(-c3ccc(-n4c5ccccc5c5ccccc54)cc3)c2)c1-n1c2ccccc2c2c(C#N)cccc21. The molecule has 222 valence electrons. The summed E-state index contributed by atoms with van der Waals surface area (Å²) in [6, 6.07) is 59.0. The van der Waals surface area contributed by atoms with Gasteiger partial charge in [0.05, 0.1) is 45.0 Å². The molecule has 4 heteroatoms. The zero-order valence-corrected chi connectivity index (χ0v) is 25.8. The summed E-state index contributed by atoms with van der Waals surface area (Å²) in [5.41, 5.74) is 11.5. The van der Waals surface area contributed by atoms with E-state index in [1.54, 1.807) is 0 Å². The van der Waals surface area contributed by atoms with Crippen LogP contribution in [0, 0.1) is 22.7 Å². The molecule has 0 unspecified atom stereocenters. The molecular formula is C44H26N4. The Morgan fingerprint density at radius 2 is 0.938 bits per heavy atom.